The number of hydrogen-bond donors (Lipinski definition) is 1. The van der Waals surface area contributed by atoms with Crippen molar-refractivity contribution in [3.63, 3.8) is 0 Å². The molecule has 102 valence electrons. The van der Waals surface area contributed by atoms with E-state index in [2.05, 4.69) is 31.2 Å². The summed E-state index contributed by atoms with van der Waals surface area (Å²) >= 11 is 0. The molecule has 2 unspecified atom stereocenters. The molecule has 4 fully saturated rings. The average molecular weight is 256 g/mol. The summed E-state index contributed by atoms with van der Waals surface area (Å²) in [6, 6.07) is 9.26. The van der Waals surface area contributed by atoms with Crippen LogP contribution in [0.25, 0.3) is 0 Å². The Labute approximate surface area is 116 Å². The Morgan fingerprint density at radius 2 is 1.68 bits per heavy atom. The number of aryl methyl sites for hydroxylation is 1. The van der Waals surface area contributed by atoms with Crippen LogP contribution in [0.4, 0.5) is 0 Å². The van der Waals surface area contributed by atoms with Crippen molar-refractivity contribution in [3.05, 3.63) is 35.4 Å². The molecule has 0 aliphatic heterocycles. The highest BCUT2D eigenvalue weighted by Crippen LogP contribution is 2.62. The van der Waals surface area contributed by atoms with Gasteiger partial charge >= 0.3 is 0 Å². The van der Waals surface area contributed by atoms with E-state index < -0.39 is 0 Å². The van der Waals surface area contributed by atoms with Crippen LogP contribution in [0.15, 0.2) is 24.3 Å². The third kappa shape index (κ3) is 1.78. The number of hydrogen-bond acceptors (Lipinski definition) is 1. The van der Waals surface area contributed by atoms with Gasteiger partial charge < -0.3 is 5.11 Å². The van der Waals surface area contributed by atoms with Crippen molar-refractivity contribution < 1.29 is 5.11 Å². The molecule has 1 nitrogen and oxygen atoms in total. The molecule has 0 heterocycles. The van der Waals surface area contributed by atoms with Crippen LogP contribution >= 0.6 is 0 Å². The highest BCUT2D eigenvalue weighted by molar-refractivity contribution is 5.33. The van der Waals surface area contributed by atoms with Crippen molar-refractivity contribution in [3.8, 4) is 0 Å². The number of aliphatic hydroxyl groups is 1. The minimum Gasteiger partial charge on any atom is -0.390 e. The molecule has 0 radical (unpaired) electrons. The highest BCUT2D eigenvalue weighted by Gasteiger charge is 2.57. The fourth-order valence-corrected chi connectivity index (χ4v) is 5.65. The first-order valence-corrected chi connectivity index (χ1v) is 7.93. The summed E-state index contributed by atoms with van der Waals surface area (Å²) in [6.45, 7) is 2.21. The smallest absolute Gasteiger partial charge is 0.0661 e. The van der Waals surface area contributed by atoms with Gasteiger partial charge in [0.1, 0.15) is 0 Å². The lowest BCUT2D eigenvalue weighted by molar-refractivity contribution is -0.137. The molecule has 1 N–H and O–H groups in total. The van der Waals surface area contributed by atoms with Gasteiger partial charge in [-0.25, -0.2) is 0 Å². The van der Waals surface area contributed by atoms with Crippen molar-refractivity contribution in [2.24, 2.45) is 11.8 Å². The molecular formula is C18H24O. The van der Waals surface area contributed by atoms with Gasteiger partial charge in [0.25, 0.3) is 0 Å². The standard InChI is InChI=1S/C18H24O/c1-2-13-3-5-16(6-4-13)17-8-14-7-15(9-17)11-18(19,10-14)12-17/h3-6,14-15,19H,2,7-12H2,1H3/t14-,15+,17?,18?. The maximum atomic E-state index is 10.8. The van der Waals surface area contributed by atoms with Crippen LogP contribution in [0.1, 0.15) is 56.6 Å². The van der Waals surface area contributed by atoms with E-state index in [0.29, 0.717) is 5.41 Å². The number of benzene rings is 1. The quantitative estimate of drug-likeness (QED) is 0.852. The van der Waals surface area contributed by atoms with E-state index in [4.69, 9.17) is 0 Å². The zero-order valence-corrected chi connectivity index (χ0v) is 11.9. The molecule has 4 aliphatic carbocycles. The molecule has 4 bridgehead atoms. The van der Waals surface area contributed by atoms with Gasteiger partial charge in [0.05, 0.1) is 5.60 Å². The maximum absolute atomic E-state index is 10.8. The van der Waals surface area contributed by atoms with Crippen molar-refractivity contribution >= 4 is 0 Å². The summed E-state index contributed by atoms with van der Waals surface area (Å²) in [4.78, 5) is 0. The second-order valence-electron chi connectivity index (χ2n) is 7.52. The Morgan fingerprint density at radius 3 is 2.21 bits per heavy atom. The summed E-state index contributed by atoms with van der Waals surface area (Å²) in [6.07, 6.45) is 8.27. The Hall–Kier alpha value is -0.820. The van der Waals surface area contributed by atoms with Gasteiger partial charge in [0, 0.05) is 0 Å². The lowest BCUT2D eigenvalue weighted by Crippen LogP contribution is -2.57. The van der Waals surface area contributed by atoms with Crippen LogP contribution in [-0.4, -0.2) is 10.7 Å². The minimum atomic E-state index is -0.340. The third-order valence-corrected chi connectivity index (χ3v) is 6.00. The molecule has 0 aromatic heterocycles. The molecule has 0 saturated heterocycles. The molecule has 0 amide bonds. The van der Waals surface area contributed by atoms with Crippen LogP contribution in [0.3, 0.4) is 0 Å². The van der Waals surface area contributed by atoms with Gasteiger partial charge in [-0.2, -0.15) is 0 Å². The van der Waals surface area contributed by atoms with E-state index in [1.54, 1.807) is 0 Å². The molecule has 0 spiro atoms. The molecule has 1 heteroatoms. The van der Waals surface area contributed by atoms with E-state index in [1.165, 1.54) is 30.4 Å². The predicted molar refractivity (Wildman–Crippen MR) is 77.1 cm³/mol. The van der Waals surface area contributed by atoms with Crippen LogP contribution in [-0.2, 0) is 11.8 Å². The van der Waals surface area contributed by atoms with Crippen LogP contribution in [0, 0.1) is 11.8 Å². The summed E-state index contributed by atoms with van der Waals surface area (Å²) in [5, 5.41) is 10.8. The van der Waals surface area contributed by atoms with Gasteiger partial charge in [-0.1, -0.05) is 31.2 Å². The second-order valence-corrected chi connectivity index (χ2v) is 7.52. The Bertz CT molecular complexity index is 473. The van der Waals surface area contributed by atoms with Gasteiger partial charge in [-0.15, -0.1) is 0 Å². The third-order valence-electron chi connectivity index (χ3n) is 6.00. The minimum absolute atomic E-state index is 0.297. The summed E-state index contributed by atoms with van der Waals surface area (Å²) in [7, 11) is 0. The van der Waals surface area contributed by atoms with Crippen molar-refractivity contribution in [2.45, 2.75) is 62.9 Å². The lowest BCUT2D eigenvalue weighted by Gasteiger charge is -2.60. The average Bonchev–Trinajstić information content (AvgIpc) is 2.36. The molecule has 4 saturated carbocycles. The number of rotatable bonds is 2. The SMILES string of the molecule is CCc1ccc(C23C[C@@H]4C[C@@H](CC(O)(C4)C2)C3)cc1. The first kappa shape index (κ1) is 12.0. The maximum Gasteiger partial charge on any atom is 0.0661 e. The van der Waals surface area contributed by atoms with Gasteiger partial charge in [0.15, 0.2) is 0 Å². The molecule has 4 aliphatic rings. The van der Waals surface area contributed by atoms with Crippen LogP contribution < -0.4 is 0 Å². The normalized spacial score (nSPS) is 43.7. The van der Waals surface area contributed by atoms with Crippen molar-refractivity contribution in [1.29, 1.82) is 0 Å². The predicted octanol–water partition coefficient (Wildman–Crippen LogP) is 3.83. The Balaban J connectivity index is 1.72. The fraction of sp³-hybridized carbons (Fsp3) is 0.667. The first-order chi connectivity index (χ1) is 9.11. The molecule has 5 rings (SSSR count). The van der Waals surface area contributed by atoms with Crippen LogP contribution in [0.5, 0.6) is 0 Å². The van der Waals surface area contributed by atoms with Gasteiger partial charge in [0.2, 0.25) is 0 Å². The van der Waals surface area contributed by atoms with Gasteiger partial charge in [-0.3, -0.25) is 0 Å². The van der Waals surface area contributed by atoms with E-state index in [9.17, 15) is 5.11 Å². The second kappa shape index (κ2) is 3.85. The molecule has 19 heavy (non-hydrogen) atoms. The largest absolute Gasteiger partial charge is 0.390 e. The van der Waals surface area contributed by atoms with Gasteiger partial charge in [-0.05, 0) is 73.3 Å². The van der Waals surface area contributed by atoms with E-state index in [0.717, 1.165) is 37.5 Å². The van der Waals surface area contributed by atoms with Crippen molar-refractivity contribution in [2.75, 3.05) is 0 Å². The Morgan fingerprint density at radius 1 is 1.05 bits per heavy atom. The summed E-state index contributed by atoms with van der Waals surface area (Å²) in [5.74, 6) is 1.55. The van der Waals surface area contributed by atoms with E-state index >= 15 is 0 Å². The zero-order valence-electron chi connectivity index (χ0n) is 11.9. The monoisotopic (exact) mass is 256 g/mol. The molecule has 1 aromatic rings. The molecular weight excluding hydrogens is 232 g/mol. The lowest BCUT2D eigenvalue weighted by atomic mass is 9.46. The molecule has 4 atom stereocenters. The Kier molecular flexibility index (Phi) is 2.42. The summed E-state index contributed by atoms with van der Waals surface area (Å²) in [5.41, 5.74) is 2.88. The first-order valence-electron chi connectivity index (χ1n) is 7.93. The van der Waals surface area contributed by atoms with Crippen molar-refractivity contribution in [1.82, 2.24) is 0 Å². The zero-order chi connectivity index (χ0) is 13.1. The van der Waals surface area contributed by atoms with E-state index in [-0.39, 0.29) is 5.60 Å². The fourth-order valence-electron chi connectivity index (χ4n) is 5.65. The summed E-state index contributed by atoms with van der Waals surface area (Å²) < 4.78 is 0. The molecule has 1 aromatic carbocycles. The highest BCUT2D eigenvalue weighted by atomic mass is 16.3. The van der Waals surface area contributed by atoms with Crippen LogP contribution in [0.2, 0.25) is 0 Å². The topological polar surface area (TPSA) is 20.2 Å². The van der Waals surface area contributed by atoms with E-state index in [1.807, 2.05) is 0 Å².